The Kier molecular flexibility index (Phi) is 5.23. The zero-order valence-corrected chi connectivity index (χ0v) is 15.4. The van der Waals surface area contributed by atoms with Crippen LogP contribution in [0.3, 0.4) is 0 Å². The third kappa shape index (κ3) is 3.80. The van der Waals surface area contributed by atoms with Gasteiger partial charge in [0.1, 0.15) is 5.84 Å². The molecule has 5 nitrogen and oxygen atoms in total. The summed E-state index contributed by atoms with van der Waals surface area (Å²) in [4.78, 5) is 22.7. The van der Waals surface area contributed by atoms with E-state index in [1.165, 1.54) is 0 Å². The van der Waals surface area contributed by atoms with Crippen LogP contribution in [0.2, 0.25) is 0 Å². The fraction of sp³-hybridized carbons (Fsp3) is 0.294. The van der Waals surface area contributed by atoms with Crippen LogP contribution in [-0.4, -0.2) is 49.6 Å². The maximum absolute atomic E-state index is 12.2. The Balaban J connectivity index is 1.85. The van der Waals surface area contributed by atoms with Crippen LogP contribution in [0, 0.1) is 0 Å². The molecule has 1 aliphatic rings. The largest absolute Gasteiger partial charge is 0.383 e. The Labute approximate surface area is 150 Å². The van der Waals surface area contributed by atoms with Gasteiger partial charge < -0.3 is 15.5 Å². The van der Waals surface area contributed by atoms with Crippen molar-refractivity contribution in [3.63, 3.8) is 0 Å². The minimum absolute atomic E-state index is 0.156. The molecular weight excluding hydrogens is 340 g/mol. The zero-order chi connectivity index (χ0) is 17.1. The average Bonchev–Trinajstić information content (AvgIpc) is 3.08. The van der Waals surface area contributed by atoms with Crippen LogP contribution >= 0.6 is 23.1 Å². The molecule has 0 unspecified atom stereocenters. The van der Waals surface area contributed by atoms with Gasteiger partial charge in [0.15, 0.2) is 0 Å². The summed E-state index contributed by atoms with van der Waals surface area (Å²) in [6.07, 6.45) is 0. The van der Waals surface area contributed by atoms with Crippen molar-refractivity contribution in [1.29, 1.82) is 0 Å². The summed E-state index contributed by atoms with van der Waals surface area (Å²) in [7, 11) is 4.02. The number of hydrogen-bond donors (Lipinski definition) is 1. The fourth-order valence-corrected chi connectivity index (χ4v) is 4.02. The zero-order valence-electron chi connectivity index (χ0n) is 13.7. The molecule has 0 radical (unpaired) electrons. The average molecular weight is 361 g/mol. The number of carbonyl (C=O) groups excluding carboxylic acids is 1. The molecule has 2 heterocycles. The quantitative estimate of drug-likeness (QED) is 0.658. The number of anilines is 1. The molecule has 0 aliphatic carbocycles. The van der Waals surface area contributed by atoms with E-state index in [2.05, 4.69) is 9.89 Å². The highest BCUT2D eigenvalue weighted by Gasteiger charge is 2.24. The van der Waals surface area contributed by atoms with E-state index < -0.39 is 0 Å². The number of nitrogens with two attached hydrogens (primary N) is 1. The number of carbonyl (C=O) groups is 1. The van der Waals surface area contributed by atoms with E-state index in [1.54, 1.807) is 23.1 Å². The highest BCUT2D eigenvalue weighted by Crippen LogP contribution is 2.37. The smallest absolute Gasteiger partial charge is 0.237 e. The van der Waals surface area contributed by atoms with Gasteiger partial charge in [0.2, 0.25) is 5.91 Å². The Morgan fingerprint density at radius 3 is 2.92 bits per heavy atom. The van der Waals surface area contributed by atoms with E-state index in [0.29, 0.717) is 18.1 Å². The van der Waals surface area contributed by atoms with Crippen LogP contribution in [0.25, 0.3) is 0 Å². The minimum Gasteiger partial charge on any atom is -0.383 e. The normalized spacial score (nSPS) is 15.0. The predicted molar refractivity (Wildman–Crippen MR) is 103 cm³/mol. The molecule has 3 rings (SSSR count). The molecule has 7 heteroatoms. The van der Waals surface area contributed by atoms with Gasteiger partial charge in [-0.2, -0.15) is 0 Å². The van der Waals surface area contributed by atoms with Gasteiger partial charge in [0.05, 0.1) is 22.0 Å². The number of nitrogens with zero attached hydrogens (tertiary/aromatic N) is 3. The van der Waals surface area contributed by atoms with E-state index in [9.17, 15) is 4.79 Å². The third-order valence-electron chi connectivity index (χ3n) is 3.68. The van der Waals surface area contributed by atoms with Gasteiger partial charge in [-0.3, -0.25) is 4.79 Å². The summed E-state index contributed by atoms with van der Waals surface area (Å²) in [6, 6.07) is 9.81. The van der Waals surface area contributed by atoms with Crippen molar-refractivity contribution in [3.8, 4) is 0 Å². The second kappa shape index (κ2) is 7.38. The fourth-order valence-electron chi connectivity index (χ4n) is 2.43. The molecule has 1 aromatic carbocycles. The molecule has 2 N–H and O–H groups in total. The van der Waals surface area contributed by atoms with Crippen LogP contribution in [0.1, 0.15) is 4.88 Å². The number of aliphatic imine (C=N–C) groups is 1. The third-order valence-corrected chi connectivity index (χ3v) is 5.60. The lowest BCUT2D eigenvalue weighted by molar-refractivity contribution is -0.116. The van der Waals surface area contributed by atoms with Gasteiger partial charge in [-0.1, -0.05) is 6.07 Å². The number of amides is 1. The van der Waals surface area contributed by atoms with E-state index in [1.807, 2.05) is 54.7 Å². The Hall–Kier alpha value is -1.83. The highest BCUT2D eigenvalue weighted by atomic mass is 32.2. The Morgan fingerprint density at radius 1 is 1.38 bits per heavy atom. The van der Waals surface area contributed by atoms with Crippen LogP contribution < -0.4 is 10.6 Å². The second-order valence-electron chi connectivity index (χ2n) is 5.76. The second-order valence-corrected chi connectivity index (χ2v) is 7.73. The van der Waals surface area contributed by atoms with E-state index in [4.69, 9.17) is 5.73 Å². The predicted octanol–water partition coefficient (Wildman–Crippen LogP) is 2.79. The van der Waals surface area contributed by atoms with E-state index in [-0.39, 0.29) is 5.91 Å². The maximum Gasteiger partial charge on any atom is 0.237 e. The van der Waals surface area contributed by atoms with Crippen LogP contribution in [0.5, 0.6) is 0 Å². The highest BCUT2D eigenvalue weighted by molar-refractivity contribution is 8.00. The molecule has 1 amide bonds. The summed E-state index contributed by atoms with van der Waals surface area (Å²) < 4.78 is 0. The van der Waals surface area contributed by atoms with Crippen LogP contribution in [-0.2, 0) is 4.79 Å². The van der Waals surface area contributed by atoms with E-state index >= 15 is 0 Å². The Bertz CT molecular complexity index is 756. The molecule has 1 aromatic heterocycles. The maximum atomic E-state index is 12.2. The lowest BCUT2D eigenvalue weighted by Crippen LogP contribution is -2.39. The lowest BCUT2D eigenvalue weighted by atomic mass is 10.2. The van der Waals surface area contributed by atoms with Crippen molar-refractivity contribution in [3.05, 3.63) is 40.6 Å². The molecule has 0 spiro atoms. The first-order valence-corrected chi connectivity index (χ1v) is 9.51. The molecule has 2 aromatic rings. The number of hydrogen-bond acceptors (Lipinski definition) is 5. The number of benzene rings is 1. The number of likely N-dealkylation sites (N-methyl/N-ethyl adjacent to an activating group) is 1. The van der Waals surface area contributed by atoms with Crippen molar-refractivity contribution in [2.24, 2.45) is 10.7 Å². The van der Waals surface area contributed by atoms with Gasteiger partial charge in [-0.05, 0) is 43.7 Å². The first-order valence-electron chi connectivity index (χ1n) is 7.64. The molecular formula is C17H20N4OS2. The molecule has 126 valence electrons. The summed E-state index contributed by atoms with van der Waals surface area (Å²) in [5.41, 5.74) is 7.84. The van der Waals surface area contributed by atoms with E-state index in [0.717, 1.165) is 27.7 Å². The first-order chi connectivity index (χ1) is 11.5. The SMILES string of the molecule is CN(C)CCN1C(=O)CSc2cc(N=C(N)c3cccs3)ccc21. The van der Waals surface area contributed by atoms with Gasteiger partial charge in [-0.15, -0.1) is 23.1 Å². The molecule has 0 fully saturated rings. The van der Waals surface area contributed by atoms with Crippen LogP contribution in [0.4, 0.5) is 11.4 Å². The summed E-state index contributed by atoms with van der Waals surface area (Å²) in [5.74, 6) is 1.14. The summed E-state index contributed by atoms with van der Waals surface area (Å²) >= 11 is 3.13. The number of amidine groups is 1. The van der Waals surface area contributed by atoms with Crippen molar-refractivity contribution < 1.29 is 4.79 Å². The first kappa shape index (κ1) is 17.0. The molecule has 0 bridgehead atoms. The van der Waals surface area contributed by atoms with Gasteiger partial charge >= 0.3 is 0 Å². The van der Waals surface area contributed by atoms with Gasteiger partial charge in [0, 0.05) is 18.0 Å². The van der Waals surface area contributed by atoms with Gasteiger partial charge in [-0.25, -0.2) is 4.99 Å². The number of thiophene rings is 1. The molecule has 24 heavy (non-hydrogen) atoms. The topological polar surface area (TPSA) is 61.9 Å². The minimum atomic E-state index is 0.156. The number of fused-ring (bicyclic) bond motifs is 1. The van der Waals surface area contributed by atoms with Crippen molar-refractivity contribution in [1.82, 2.24) is 4.90 Å². The monoisotopic (exact) mass is 360 g/mol. The summed E-state index contributed by atoms with van der Waals surface area (Å²) in [5, 5.41) is 1.98. The van der Waals surface area contributed by atoms with Crippen LogP contribution in [0.15, 0.2) is 45.6 Å². The standard InChI is InChI=1S/C17H20N4OS2/c1-20(2)7-8-21-13-6-5-12(10-15(13)24-11-16(21)22)19-17(18)14-4-3-9-23-14/h3-6,9-10H,7-8,11H2,1-2H3,(H2,18,19). The molecule has 1 aliphatic heterocycles. The van der Waals surface area contributed by atoms with Crippen molar-refractivity contribution in [2.45, 2.75) is 4.90 Å². The van der Waals surface area contributed by atoms with Gasteiger partial charge in [0.25, 0.3) is 0 Å². The molecule has 0 atom stereocenters. The summed E-state index contributed by atoms with van der Waals surface area (Å²) in [6.45, 7) is 1.53. The number of rotatable bonds is 5. The van der Waals surface area contributed by atoms with Crippen molar-refractivity contribution >= 4 is 46.2 Å². The molecule has 0 saturated carbocycles. The number of thioether (sulfide) groups is 1. The Morgan fingerprint density at radius 2 is 2.21 bits per heavy atom. The molecule has 0 saturated heterocycles. The van der Waals surface area contributed by atoms with Crippen molar-refractivity contribution in [2.75, 3.05) is 37.8 Å². The lowest BCUT2D eigenvalue weighted by Gasteiger charge is -2.30.